The Labute approximate surface area is 115 Å². The lowest BCUT2D eigenvalue weighted by Crippen LogP contribution is -2.25. The zero-order valence-electron chi connectivity index (χ0n) is 12.1. The van der Waals surface area contributed by atoms with Gasteiger partial charge in [-0.2, -0.15) is 0 Å². The third kappa shape index (κ3) is 4.87. The van der Waals surface area contributed by atoms with E-state index >= 15 is 0 Å². The number of methoxy groups -OCH3 is 1. The van der Waals surface area contributed by atoms with Gasteiger partial charge in [-0.1, -0.05) is 13.3 Å². The molecule has 0 fully saturated rings. The van der Waals surface area contributed by atoms with Crippen LogP contribution in [0.25, 0.3) is 0 Å². The van der Waals surface area contributed by atoms with Crippen molar-refractivity contribution >= 4 is 11.7 Å². The normalized spacial score (nSPS) is 12.0. The molecule has 0 saturated heterocycles. The monoisotopic (exact) mass is 265 g/mol. The first kappa shape index (κ1) is 15.4. The molecule has 0 spiro atoms. The van der Waals surface area contributed by atoms with Crippen molar-refractivity contribution < 1.29 is 9.53 Å². The van der Waals surface area contributed by atoms with Gasteiger partial charge in [0, 0.05) is 27.4 Å². The molecule has 0 radical (unpaired) electrons. The molecule has 0 aliphatic rings. The Balaban J connectivity index is 2.67. The number of pyridine rings is 1. The summed E-state index contributed by atoms with van der Waals surface area (Å²) in [5.41, 5.74) is 0.592. The predicted molar refractivity (Wildman–Crippen MR) is 76.4 cm³/mol. The smallest absolute Gasteiger partial charge is 0.254 e. The van der Waals surface area contributed by atoms with Crippen molar-refractivity contribution in [3.8, 4) is 0 Å². The van der Waals surface area contributed by atoms with E-state index in [0.717, 1.165) is 18.7 Å². The lowest BCUT2D eigenvalue weighted by molar-refractivity contribution is 0.0827. The number of hydrogen-bond donors (Lipinski definition) is 1. The summed E-state index contributed by atoms with van der Waals surface area (Å²) in [6.07, 6.45) is 3.70. The van der Waals surface area contributed by atoms with E-state index in [2.05, 4.69) is 17.2 Å². The number of carbonyl (C=O) groups excluding carboxylic acids is 1. The highest BCUT2D eigenvalue weighted by Crippen LogP contribution is 2.10. The van der Waals surface area contributed by atoms with Crippen molar-refractivity contribution in [2.24, 2.45) is 0 Å². The standard InChI is InChI=1S/C14H23N3O2/c1-5-6-12(10-19-4)16-13-8-7-11(9-15-13)14(18)17(2)3/h7-9,12H,5-6,10H2,1-4H3,(H,15,16). The first-order valence-corrected chi connectivity index (χ1v) is 6.51. The van der Waals surface area contributed by atoms with Gasteiger partial charge in [-0.3, -0.25) is 4.79 Å². The third-order valence-electron chi connectivity index (χ3n) is 2.77. The van der Waals surface area contributed by atoms with Crippen LogP contribution in [0.1, 0.15) is 30.1 Å². The van der Waals surface area contributed by atoms with Gasteiger partial charge in [0.15, 0.2) is 0 Å². The number of carbonyl (C=O) groups is 1. The van der Waals surface area contributed by atoms with Gasteiger partial charge < -0.3 is 15.0 Å². The zero-order valence-corrected chi connectivity index (χ0v) is 12.1. The summed E-state index contributed by atoms with van der Waals surface area (Å²) in [4.78, 5) is 17.5. The van der Waals surface area contributed by atoms with E-state index in [4.69, 9.17) is 4.74 Å². The first-order chi connectivity index (χ1) is 9.08. The molecule has 0 aliphatic heterocycles. The fraction of sp³-hybridized carbons (Fsp3) is 0.571. The SMILES string of the molecule is CCCC(COC)Nc1ccc(C(=O)N(C)C)cn1. The van der Waals surface area contributed by atoms with Crippen LogP contribution < -0.4 is 5.32 Å². The Morgan fingerprint density at radius 1 is 1.47 bits per heavy atom. The molecular weight excluding hydrogens is 242 g/mol. The second kappa shape index (κ2) is 7.74. The van der Waals surface area contributed by atoms with E-state index in [1.54, 1.807) is 33.5 Å². The lowest BCUT2D eigenvalue weighted by atomic mass is 10.2. The maximum absolute atomic E-state index is 11.7. The number of ether oxygens (including phenoxy) is 1. The minimum absolute atomic E-state index is 0.0407. The number of amides is 1. The number of nitrogens with one attached hydrogen (secondary N) is 1. The minimum Gasteiger partial charge on any atom is -0.383 e. The van der Waals surface area contributed by atoms with Crippen molar-refractivity contribution in [2.45, 2.75) is 25.8 Å². The van der Waals surface area contributed by atoms with Crippen molar-refractivity contribution in [2.75, 3.05) is 33.1 Å². The summed E-state index contributed by atoms with van der Waals surface area (Å²) in [7, 11) is 5.14. The summed E-state index contributed by atoms with van der Waals surface area (Å²) >= 11 is 0. The quantitative estimate of drug-likeness (QED) is 0.819. The van der Waals surface area contributed by atoms with Gasteiger partial charge in [0.05, 0.1) is 18.2 Å². The van der Waals surface area contributed by atoms with E-state index in [0.29, 0.717) is 12.2 Å². The summed E-state index contributed by atoms with van der Waals surface area (Å²) in [5.74, 6) is 0.729. The molecule has 1 aromatic rings. The molecule has 1 rings (SSSR count). The van der Waals surface area contributed by atoms with Crippen LogP contribution in [0.15, 0.2) is 18.3 Å². The second-order valence-corrected chi connectivity index (χ2v) is 4.72. The molecule has 106 valence electrons. The molecule has 0 aromatic carbocycles. The van der Waals surface area contributed by atoms with Gasteiger partial charge in [0.25, 0.3) is 5.91 Å². The fourth-order valence-corrected chi connectivity index (χ4v) is 1.82. The molecule has 5 heteroatoms. The lowest BCUT2D eigenvalue weighted by Gasteiger charge is -2.18. The Morgan fingerprint density at radius 3 is 2.68 bits per heavy atom. The Morgan fingerprint density at radius 2 is 2.21 bits per heavy atom. The Hall–Kier alpha value is -1.62. The van der Waals surface area contributed by atoms with E-state index in [-0.39, 0.29) is 11.9 Å². The van der Waals surface area contributed by atoms with Gasteiger partial charge in [0.1, 0.15) is 5.82 Å². The van der Waals surface area contributed by atoms with Crippen LogP contribution in [0.3, 0.4) is 0 Å². The van der Waals surface area contributed by atoms with Crippen LogP contribution in [0, 0.1) is 0 Å². The zero-order chi connectivity index (χ0) is 14.3. The second-order valence-electron chi connectivity index (χ2n) is 4.72. The van der Waals surface area contributed by atoms with Crippen LogP contribution in [-0.2, 0) is 4.74 Å². The summed E-state index contributed by atoms with van der Waals surface area (Å²) in [6.45, 7) is 2.78. The molecule has 1 unspecified atom stereocenters. The van der Waals surface area contributed by atoms with Gasteiger partial charge in [-0.15, -0.1) is 0 Å². The Bertz CT molecular complexity index is 384. The Kier molecular flexibility index (Phi) is 6.29. The highest BCUT2D eigenvalue weighted by Gasteiger charge is 2.10. The largest absolute Gasteiger partial charge is 0.383 e. The van der Waals surface area contributed by atoms with Gasteiger partial charge >= 0.3 is 0 Å². The van der Waals surface area contributed by atoms with E-state index in [1.165, 1.54) is 4.90 Å². The number of aromatic nitrogens is 1. The van der Waals surface area contributed by atoms with E-state index in [9.17, 15) is 4.79 Å². The van der Waals surface area contributed by atoms with Crippen LogP contribution in [-0.4, -0.2) is 49.6 Å². The third-order valence-corrected chi connectivity index (χ3v) is 2.77. The highest BCUT2D eigenvalue weighted by atomic mass is 16.5. The van der Waals surface area contributed by atoms with Crippen molar-refractivity contribution in [1.82, 2.24) is 9.88 Å². The van der Waals surface area contributed by atoms with Gasteiger partial charge in [-0.25, -0.2) is 4.98 Å². The highest BCUT2D eigenvalue weighted by molar-refractivity contribution is 5.93. The summed E-state index contributed by atoms with van der Waals surface area (Å²) in [6, 6.07) is 3.86. The molecule has 0 aliphatic carbocycles. The molecule has 19 heavy (non-hydrogen) atoms. The molecule has 0 saturated carbocycles. The van der Waals surface area contributed by atoms with Crippen LogP contribution in [0.5, 0.6) is 0 Å². The average Bonchev–Trinajstić information content (AvgIpc) is 2.39. The maximum atomic E-state index is 11.7. The predicted octanol–water partition coefficient (Wildman–Crippen LogP) is 2.01. The van der Waals surface area contributed by atoms with Gasteiger partial charge in [-0.05, 0) is 18.6 Å². The molecule has 5 nitrogen and oxygen atoms in total. The summed E-state index contributed by atoms with van der Waals surface area (Å²) in [5, 5.41) is 3.32. The number of rotatable bonds is 7. The average molecular weight is 265 g/mol. The van der Waals surface area contributed by atoms with Crippen molar-refractivity contribution in [3.63, 3.8) is 0 Å². The first-order valence-electron chi connectivity index (χ1n) is 6.51. The molecule has 0 bridgehead atoms. The molecule has 1 atom stereocenters. The van der Waals surface area contributed by atoms with Crippen molar-refractivity contribution in [3.05, 3.63) is 23.9 Å². The van der Waals surface area contributed by atoms with Crippen molar-refractivity contribution in [1.29, 1.82) is 0 Å². The molecule has 1 aromatic heterocycles. The van der Waals surface area contributed by atoms with E-state index in [1.807, 2.05) is 6.07 Å². The van der Waals surface area contributed by atoms with Crippen LogP contribution in [0.2, 0.25) is 0 Å². The topological polar surface area (TPSA) is 54.5 Å². The van der Waals surface area contributed by atoms with E-state index < -0.39 is 0 Å². The maximum Gasteiger partial charge on any atom is 0.254 e. The summed E-state index contributed by atoms with van der Waals surface area (Å²) < 4.78 is 5.17. The number of anilines is 1. The molecule has 1 amide bonds. The molecule has 1 heterocycles. The number of nitrogens with zero attached hydrogens (tertiary/aromatic N) is 2. The molecule has 1 N–H and O–H groups in total. The minimum atomic E-state index is -0.0407. The van der Waals surface area contributed by atoms with Crippen LogP contribution in [0.4, 0.5) is 5.82 Å². The molecular formula is C14H23N3O2. The van der Waals surface area contributed by atoms with Gasteiger partial charge in [0.2, 0.25) is 0 Å². The van der Waals surface area contributed by atoms with Crippen LogP contribution >= 0.6 is 0 Å². The number of hydrogen-bond acceptors (Lipinski definition) is 4. The fourth-order valence-electron chi connectivity index (χ4n) is 1.82.